The summed E-state index contributed by atoms with van der Waals surface area (Å²) in [5.41, 5.74) is 0.354. The minimum Gasteiger partial charge on any atom is -0.497 e. The van der Waals surface area contributed by atoms with Gasteiger partial charge >= 0.3 is 0 Å². The molecule has 7 heteroatoms. The summed E-state index contributed by atoms with van der Waals surface area (Å²) in [6.07, 6.45) is -0.845. The van der Waals surface area contributed by atoms with Gasteiger partial charge in [-0.05, 0) is 23.8 Å². The summed E-state index contributed by atoms with van der Waals surface area (Å²) >= 11 is 0. The number of rotatable bonds is 5. The van der Waals surface area contributed by atoms with Gasteiger partial charge in [-0.1, -0.05) is 12.1 Å². The Hall–Kier alpha value is -2.67. The molecule has 0 fully saturated rings. The minimum atomic E-state index is -0.845. The zero-order valence-electron chi connectivity index (χ0n) is 11.4. The number of nitrogens with zero attached hydrogens (tertiary/aromatic N) is 1. The van der Waals surface area contributed by atoms with E-state index in [0.717, 1.165) is 0 Å². The van der Waals surface area contributed by atoms with Crippen molar-refractivity contribution in [1.82, 2.24) is 15.5 Å². The van der Waals surface area contributed by atoms with Crippen LogP contribution in [0.3, 0.4) is 0 Å². The molecule has 1 aromatic heterocycles. The summed E-state index contributed by atoms with van der Waals surface area (Å²) < 4.78 is 5.03. The van der Waals surface area contributed by atoms with Crippen LogP contribution in [0.5, 0.6) is 5.75 Å². The number of amides is 1. The molecule has 0 aliphatic carbocycles. The first kappa shape index (κ1) is 14.7. The highest BCUT2D eigenvalue weighted by atomic mass is 16.5. The number of H-pyrrole nitrogens is 1. The molecule has 21 heavy (non-hydrogen) atoms. The quantitative estimate of drug-likeness (QED) is 0.731. The predicted octanol–water partition coefficient (Wildman–Crippen LogP) is 0.242. The largest absolute Gasteiger partial charge is 0.497 e. The standard InChI is InChI=1S/C14H15N3O4/c1-21-10-4-2-9(3-5-10)12(18)8-15-14(20)11-6-7-13(19)17-16-11/h2-7,12,18H,8H2,1H3,(H,15,20)(H,17,19)/t12-/m1/s1. The summed E-state index contributed by atoms with van der Waals surface area (Å²) in [6, 6.07) is 9.41. The normalized spacial score (nSPS) is 11.7. The Balaban J connectivity index is 1.93. The SMILES string of the molecule is COc1ccc([C@H](O)CNC(=O)c2ccc(=O)[nH]n2)cc1. The molecule has 0 bridgehead atoms. The average Bonchev–Trinajstić information content (AvgIpc) is 2.53. The van der Waals surface area contributed by atoms with Crippen molar-refractivity contribution in [3.63, 3.8) is 0 Å². The van der Waals surface area contributed by atoms with Crippen LogP contribution in [-0.4, -0.2) is 34.9 Å². The van der Waals surface area contributed by atoms with E-state index in [2.05, 4.69) is 15.5 Å². The molecule has 3 N–H and O–H groups in total. The summed E-state index contributed by atoms with van der Waals surface area (Å²) in [5, 5.41) is 18.3. The number of nitrogens with one attached hydrogen (secondary N) is 2. The van der Waals surface area contributed by atoms with Crippen LogP contribution < -0.4 is 15.6 Å². The van der Waals surface area contributed by atoms with Crippen molar-refractivity contribution in [2.75, 3.05) is 13.7 Å². The van der Waals surface area contributed by atoms with Gasteiger partial charge in [0.15, 0.2) is 0 Å². The molecular formula is C14H15N3O4. The Kier molecular flexibility index (Phi) is 4.68. The fraction of sp³-hybridized carbons (Fsp3) is 0.214. The lowest BCUT2D eigenvalue weighted by atomic mass is 10.1. The Bertz CT molecular complexity index is 646. The number of carbonyl (C=O) groups excluding carboxylic acids is 1. The van der Waals surface area contributed by atoms with Crippen LogP contribution in [0, 0.1) is 0 Å². The average molecular weight is 289 g/mol. The number of methoxy groups -OCH3 is 1. The number of hydrogen-bond donors (Lipinski definition) is 3. The fourth-order valence-corrected chi connectivity index (χ4v) is 1.69. The monoisotopic (exact) mass is 289 g/mol. The zero-order chi connectivity index (χ0) is 15.2. The van der Waals surface area contributed by atoms with E-state index in [4.69, 9.17) is 4.74 Å². The third kappa shape index (κ3) is 3.90. The number of aliphatic hydroxyl groups excluding tert-OH is 1. The first-order chi connectivity index (χ1) is 10.1. The third-order valence-corrected chi connectivity index (χ3v) is 2.87. The van der Waals surface area contributed by atoms with Crippen LogP contribution in [0.25, 0.3) is 0 Å². The zero-order valence-corrected chi connectivity index (χ0v) is 11.4. The molecule has 0 aliphatic heterocycles. The van der Waals surface area contributed by atoms with E-state index in [0.29, 0.717) is 11.3 Å². The Labute approximate surface area is 120 Å². The second-order valence-corrected chi connectivity index (χ2v) is 4.31. The van der Waals surface area contributed by atoms with Gasteiger partial charge in [0, 0.05) is 12.6 Å². The van der Waals surface area contributed by atoms with E-state index < -0.39 is 12.0 Å². The Morgan fingerprint density at radius 2 is 2.05 bits per heavy atom. The van der Waals surface area contributed by atoms with Crippen LogP contribution in [0.15, 0.2) is 41.2 Å². The smallest absolute Gasteiger partial charge is 0.271 e. The maximum Gasteiger partial charge on any atom is 0.271 e. The van der Waals surface area contributed by atoms with Crippen LogP contribution in [0.2, 0.25) is 0 Å². The first-order valence-corrected chi connectivity index (χ1v) is 6.26. The summed E-state index contributed by atoms with van der Waals surface area (Å²) in [5.74, 6) is 0.214. The van der Waals surface area contributed by atoms with Crippen molar-refractivity contribution in [1.29, 1.82) is 0 Å². The van der Waals surface area contributed by atoms with Gasteiger partial charge in [0.1, 0.15) is 11.4 Å². The van der Waals surface area contributed by atoms with Crippen LogP contribution in [0.1, 0.15) is 22.2 Å². The van der Waals surface area contributed by atoms with Crippen LogP contribution >= 0.6 is 0 Å². The van der Waals surface area contributed by atoms with Gasteiger partial charge < -0.3 is 15.2 Å². The van der Waals surface area contributed by atoms with E-state index in [-0.39, 0.29) is 17.8 Å². The van der Waals surface area contributed by atoms with Crippen molar-refractivity contribution in [2.45, 2.75) is 6.10 Å². The van der Waals surface area contributed by atoms with Crippen molar-refractivity contribution < 1.29 is 14.6 Å². The third-order valence-electron chi connectivity index (χ3n) is 2.87. The van der Waals surface area contributed by atoms with Gasteiger partial charge in [-0.2, -0.15) is 5.10 Å². The van der Waals surface area contributed by atoms with E-state index in [1.807, 2.05) is 0 Å². The molecule has 0 radical (unpaired) electrons. The van der Waals surface area contributed by atoms with Gasteiger partial charge in [0.2, 0.25) is 0 Å². The van der Waals surface area contributed by atoms with Gasteiger partial charge in [-0.25, -0.2) is 5.10 Å². The molecule has 1 amide bonds. The lowest BCUT2D eigenvalue weighted by Crippen LogP contribution is -2.29. The Morgan fingerprint density at radius 3 is 2.62 bits per heavy atom. The number of carbonyl (C=O) groups is 1. The Morgan fingerprint density at radius 1 is 1.33 bits per heavy atom. The lowest BCUT2D eigenvalue weighted by molar-refractivity contribution is 0.0910. The van der Waals surface area contributed by atoms with Crippen molar-refractivity contribution in [3.05, 3.63) is 58.0 Å². The fourth-order valence-electron chi connectivity index (χ4n) is 1.69. The molecule has 110 valence electrons. The summed E-state index contributed by atoms with van der Waals surface area (Å²) in [7, 11) is 1.56. The highest BCUT2D eigenvalue weighted by Gasteiger charge is 2.12. The second kappa shape index (κ2) is 6.67. The molecule has 0 aliphatic rings. The predicted molar refractivity (Wildman–Crippen MR) is 75.1 cm³/mol. The molecule has 2 aromatic rings. The maximum absolute atomic E-state index is 11.8. The lowest BCUT2D eigenvalue weighted by Gasteiger charge is -2.12. The minimum absolute atomic E-state index is 0.0337. The van der Waals surface area contributed by atoms with Crippen molar-refractivity contribution in [3.8, 4) is 5.75 Å². The number of ether oxygens (including phenoxy) is 1. The second-order valence-electron chi connectivity index (χ2n) is 4.31. The summed E-state index contributed by atoms with van der Waals surface area (Å²) in [6.45, 7) is 0.0337. The molecule has 1 heterocycles. The van der Waals surface area contributed by atoms with Gasteiger partial charge in [-0.15, -0.1) is 0 Å². The topological polar surface area (TPSA) is 104 Å². The first-order valence-electron chi connectivity index (χ1n) is 6.26. The molecule has 2 rings (SSSR count). The van der Waals surface area contributed by atoms with E-state index in [1.165, 1.54) is 12.1 Å². The molecule has 0 saturated heterocycles. The van der Waals surface area contributed by atoms with Gasteiger partial charge in [-0.3, -0.25) is 9.59 Å². The number of hydrogen-bond acceptors (Lipinski definition) is 5. The van der Waals surface area contributed by atoms with Crippen LogP contribution in [0.4, 0.5) is 0 Å². The van der Waals surface area contributed by atoms with E-state index in [9.17, 15) is 14.7 Å². The highest BCUT2D eigenvalue weighted by Crippen LogP contribution is 2.16. The molecule has 1 atom stereocenters. The van der Waals surface area contributed by atoms with Gasteiger partial charge in [0.25, 0.3) is 11.5 Å². The number of benzene rings is 1. The molecule has 7 nitrogen and oxygen atoms in total. The molecule has 0 unspecified atom stereocenters. The van der Waals surface area contributed by atoms with Crippen molar-refractivity contribution >= 4 is 5.91 Å². The van der Waals surface area contributed by atoms with Crippen molar-refractivity contribution in [2.24, 2.45) is 0 Å². The molecule has 1 aromatic carbocycles. The molecule has 0 saturated carbocycles. The number of aliphatic hydroxyl groups is 1. The van der Waals surface area contributed by atoms with Gasteiger partial charge in [0.05, 0.1) is 13.2 Å². The maximum atomic E-state index is 11.8. The number of aromatic amines is 1. The van der Waals surface area contributed by atoms with Crippen LogP contribution in [-0.2, 0) is 0 Å². The highest BCUT2D eigenvalue weighted by molar-refractivity contribution is 5.91. The molecule has 0 spiro atoms. The number of aromatic nitrogens is 2. The molecular weight excluding hydrogens is 274 g/mol. The van der Waals surface area contributed by atoms with E-state index in [1.54, 1.807) is 31.4 Å². The van der Waals surface area contributed by atoms with E-state index >= 15 is 0 Å². The summed E-state index contributed by atoms with van der Waals surface area (Å²) in [4.78, 5) is 22.6.